The molecule has 0 saturated carbocycles. The third-order valence-corrected chi connectivity index (χ3v) is 4.60. The van der Waals surface area contributed by atoms with Crippen molar-refractivity contribution in [2.45, 2.75) is 26.3 Å². The van der Waals surface area contributed by atoms with Crippen LogP contribution in [-0.4, -0.2) is 54.3 Å². The second kappa shape index (κ2) is 9.82. The molecular weight excluding hydrogens is 457 g/mol. The Bertz CT molecular complexity index is 754. The molecular formula is C19H28IN5O2. The van der Waals surface area contributed by atoms with Crippen LogP contribution in [0.2, 0.25) is 0 Å². The molecule has 0 radical (unpaired) electrons. The van der Waals surface area contributed by atoms with Gasteiger partial charge in [0.1, 0.15) is 5.75 Å². The molecule has 0 spiro atoms. The van der Waals surface area contributed by atoms with Gasteiger partial charge < -0.3 is 24.7 Å². The standard InChI is InChI=1S/C19H27N5O2.HI/c1-14(2)16-12-15(26-22-16)13-21-19(20-3)24-10-8-23(9-11-24)17-6-4-5-7-18(17)25;/h4-7,12,14,25H,8-11,13H2,1-3H3,(H,20,21);1H. The predicted molar refractivity (Wildman–Crippen MR) is 118 cm³/mol. The van der Waals surface area contributed by atoms with Gasteiger partial charge in [0, 0.05) is 39.3 Å². The summed E-state index contributed by atoms with van der Waals surface area (Å²) in [6.07, 6.45) is 0. The lowest BCUT2D eigenvalue weighted by atomic mass is 10.1. The number of guanidine groups is 1. The van der Waals surface area contributed by atoms with E-state index in [9.17, 15) is 5.11 Å². The second-order valence-electron chi connectivity index (χ2n) is 6.74. The first-order valence-corrected chi connectivity index (χ1v) is 9.02. The van der Waals surface area contributed by atoms with Crippen LogP contribution in [0.5, 0.6) is 5.75 Å². The average molecular weight is 485 g/mol. The van der Waals surface area contributed by atoms with E-state index in [1.54, 1.807) is 13.1 Å². The molecule has 7 nitrogen and oxygen atoms in total. The normalized spacial score (nSPS) is 15.0. The van der Waals surface area contributed by atoms with E-state index in [0.717, 1.165) is 49.3 Å². The van der Waals surface area contributed by atoms with E-state index in [4.69, 9.17) is 4.52 Å². The van der Waals surface area contributed by atoms with E-state index in [0.29, 0.717) is 18.2 Å². The minimum absolute atomic E-state index is 0. The van der Waals surface area contributed by atoms with Crippen molar-refractivity contribution in [3.63, 3.8) is 0 Å². The maximum absolute atomic E-state index is 10.0. The highest BCUT2D eigenvalue weighted by Crippen LogP contribution is 2.27. The van der Waals surface area contributed by atoms with Gasteiger partial charge >= 0.3 is 0 Å². The van der Waals surface area contributed by atoms with Crippen molar-refractivity contribution in [1.82, 2.24) is 15.4 Å². The van der Waals surface area contributed by atoms with Gasteiger partial charge in [-0.2, -0.15) is 0 Å². The van der Waals surface area contributed by atoms with Crippen molar-refractivity contribution in [3.05, 3.63) is 41.8 Å². The molecule has 8 heteroatoms. The Kier molecular flexibility index (Phi) is 7.76. The van der Waals surface area contributed by atoms with Crippen molar-refractivity contribution in [2.75, 3.05) is 38.1 Å². The molecule has 0 bridgehead atoms. The SMILES string of the molecule is CN=C(NCc1cc(C(C)C)no1)N1CCN(c2ccccc2O)CC1.I. The van der Waals surface area contributed by atoms with E-state index in [1.807, 2.05) is 24.3 Å². The molecule has 1 fully saturated rings. The van der Waals surface area contributed by atoms with Gasteiger partial charge in [0.15, 0.2) is 11.7 Å². The molecule has 3 rings (SSSR count). The summed E-state index contributed by atoms with van der Waals surface area (Å²) >= 11 is 0. The lowest BCUT2D eigenvalue weighted by Crippen LogP contribution is -2.52. The van der Waals surface area contributed by atoms with Crippen LogP contribution in [0.4, 0.5) is 5.69 Å². The highest BCUT2D eigenvalue weighted by atomic mass is 127. The van der Waals surface area contributed by atoms with Crippen LogP contribution in [0, 0.1) is 0 Å². The summed E-state index contributed by atoms with van der Waals surface area (Å²) in [5.41, 5.74) is 1.85. The number of rotatable bonds is 4. The maximum Gasteiger partial charge on any atom is 0.194 e. The summed E-state index contributed by atoms with van der Waals surface area (Å²) in [5, 5.41) is 17.5. The molecule has 2 heterocycles. The van der Waals surface area contributed by atoms with Crippen molar-refractivity contribution in [1.29, 1.82) is 0 Å². The zero-order valence-electron chi connectivity index (χ0n) is 16.1. The van der Waals surface area contributed by atoms with Gasteiger partial charge in [0.25, 0.3) is 0 Å². The third-order valence-electron chi connectivity index (χ3n) is 4.60. The number of nitrogens with zero attached hydrogens (tertiary/aromatic N) is 4. The van der Waals surface area contributed by atoms with Crippen LogP contribution in [0.3, 0.4) is 0 Å². The first kappa shape index (κ1) is 21.3. The minimum atomic E-state index is 0. The molecule has 2 N–H and O–H groups in total. The number of hydrogen-bond acceptors (Lipinski definition) is 5. The molecule has 1 aromatic carbocycles. The number of halogens is 1. The lowest BCUT2D eigenvalue weighted by Gasteiger charge is -2.37. The molecule has 1 aliphatic rings. The Labute approximate surface area is 177 Å². The van der Waals surface area contributed by atoms with Crippen LogP contribution in [0.25, 0.3) is 0 Å². The summed E-state index contributed by atoms with van der Waals surface area (Å²) in [6.45, 7) is 8.08. The molecule has 148 valence electrons. The third kappa shape index (κ3) is 5.27. The number of hydrogen-bond donors (Lipinski definition) is 2. The summed E-state index contributed by atoms with van der Waals surface area (Å²) in [7, 11) is 1.79. The number of aliphatic imine (C=N–C) groups is 1. The smallest absolute Gasteiger partial charge is 0.194 e. The number of anilines is 1. The number of piperazine rings is 1. The van der Waals surface area contributed by atoms with Crippen LogP contribution in [0.15, 0.2) is 39.8 Å². The highest BCUT2D eigenvalue weighted by Gasteiger charge is 2.21. The highest BCUT2D eigenvalue weighted by molar-refractivity contribution is 14.0. The first-order valence-electron chi connectivity index (χ1n) is 9.02. The number of para-hydroxylation sites is 2. The topological polar surface area (TPSA) is 77.1 Å². The van der Waals surface area contributed by atoms with Crippen molar-refractivity contribution >= 4 is 35.6 Å². The minimum Gasteiger partial charge on any atom is -0.506 e. The molecule has 0 unspecified atom stereocenters. The lowest BCUT2D eigenvalue weighted by molar-refractivity contribution is 0.354. The molecule has 2 aromatic rings. The second-order valence-corrected chi connectivity index (χ2v) is 6.74. The number of nitrogens with one attached hydrogen (secondary N) is 1. The number of phenols is 1. The molecule has 0 amide bonds. The molecule has 0 aliphatic carbocycles. The fourth-order valence-electron chi connectivity index (χ4n) is 3.07. The molecule has 1 aliphatic heterocycles. The largest absolute Gasteiger partial charge is 0.506 e. The van der Waals surface area contributed by atoms with Crippen LogP contribution >= 0.6 is 24.0 Å². The van der Waals surface area contributed by atoms with Gasteiger partial charge in [-0.15, -0.1) is 24.0 Å². The van der Waals surface area contributed by atoms with Gasteiger partial charge in [-0.1, -0.05) is 31.1 Å². The number of benzene rings is 1. The zero-order valence-corrected chi connectivity index (χ0v) is 18.4. The van der Waals surface area contributed by atoms with Gasteiger partial charge in [-0.05, 0) is 18.1 Å². The van der Waals surface area contributed by atoms with Crippen molar-refractivity contribution in [2.24, 2.45) is 4.99 Å². The summed E-state index contributed by atoms with van der Waals surface area (Å²) in [4.78, 5) is 8.80. The van der Waals surface area contributed by atoms with Crippen LogP contribution in [-0.2, 0) is 6.54 Å². The molecule has 1 aromatic heterocycles. The number of aromatic nitrogens is 1. The van der Waals surface area contributed by atoms with Gasteiger partial charge in [-0.3, -0.25) is 4.99 Å². The molecule has 1 saturated heterocycles. The van der Waals surface area contributed by atoms with E-state index in [1.165, 1.54) is 0 Å². The molecule has 27 heavy (non-hydrogen) atoms. The van der Waals surface area contributed by atoms with Gasteiger partial charge in [0.05, 0.1) is 17.9 Å². The predicted octanol–water partition coefficient (Wildman–Crippen LogP) is 3.02. The summed E-state index contributed by atoms with van der Waals surface area (Å²) in [6, 6.07) is 9.46. The Morgan fingerprint density at radius 2 is 1.96 bits per heavy atom. The number of aromatic hydroxyl groups is 1. The van der Waals surface area contributed by atoms with E-state index < -0.39 is 0 Å². The fourth-order valence-corrected chi connectivity index (χ4v) is 3.07. The average Bonchev–Trinajstić information content (AvgIpc) is 3.13. The Morgan fingerprint density at radius 3 is 2.56 bits per heavy atom. The quantitative estimate of drug-likeness (QED) is 0.394. The van der Waals surface area contributed by atoms with Gasteiger partial charge in [0.2, 0.25) is 0 Å². The molecule has 0 atom stereocenters. The van der Waals surface area contributed by atoms with E-state index in [-0.39, 0.29) is 24.0 Å². The summed E-state index contributed by atoms with van der Waals surface area (Å²) in [5.74, 6) is 2.34. The van der Waals surface area contributed by atoms with E-state index >= 15 is 0 Å². The van der Waals surface area contributed by atoms with Crippen molar-refractivity contribution < 1.29 is 9.63 Å². The first-order chi connectivity index (χ1) is 12.6. The van der Waals surface area contributed by atoms with Crippen LogP contribution in [0.1, 0.15) is 31.2 Å². The van der Waals surface area contributed by atoms with Crippen LogP contribution < -0.4 is 10.2 Å². The zero-order chi connectivity index (χ0) is 18.5. The van der Waals surface area contributed by atoms with E-state index in [2.05, 4.69) is 39.1 Å². The summed E-state index contributed by atoms with van der Waals surface area (Å²) < 4.78 is 5.37. The fraction of sp³-hybridized carbons (Fsp3) is 0.474. The van der Waals surface area contributed by atoms with Gasteiger partial charge in [-0.25, -0.2) is 0 Å². The maximum atomic E-state index is 10.0. The Balaban J connectivity index is 0.00000261. The van der Waals surface area contributed by atoms with Crippen molar-refractivity contribution in [3.8, 4) is 5.75 Å². The number of phenolic OH excluding ortho intramolecular Hbond substituents is 1. The Hall–Kier alpha value is -1.97. The monoisotopic (exact) mass is 485 g/mol. The Morgan fingerprint density at radius 1 is 1.26 bits per heavy atom.